The molecule has 0 spiro atoms. The van der Waals surface area contributed by atoms with E-state index < -0.39 is 0 Å². The summed E-state index contributed by atoms with van der Waals surface area (Å²) in [6.07, 6.45) is 3.93. The van der Waals surface area contributed by atoms with Crippen LogP contribution in [-0.4, -0.2) is 53.9 Å². The first kappa shape index (κ1) is 15.5. The Hall–Kier alpha value is -2.04. The van der Waals surface area contributed by atoms with Gasteiger partial charge in [-0.15, -0.1) is 0 Å². The van der Waals surface area contributed by atoms with Gasteiger partial charge in [0.1, 0.15) is 5.75 Å². The maximum atomic E-state index is 12.5. The molecule has 3 saturated heterocycles. The van der Waals surface area contributed by atoms with Gasteiger partial charge >= 0.3 is 0 Å². The molecule has 2 bridgehead atoms. The number of likely N-dealkylation sites (tertiary alicyclic amines) is 1. The van der Waals surface area contributed by atoms with Gasteiger partial charge in [0.2, 0.25) is 5.91 Å². The summed E-state index contributed by atoms with van der Waals surface area (Å²) in [5, 5.41) is 0. The highest BCUT2D eigenvalue weighted by atomic mass is 16.5. The number of hydrogen-bond acceptors (Lipinski definition) is 3. The topological polar surface area (TPSA) is 49.9 Å². The molecule has 0 radical (unpaired) electrons. The van der Waals surface area contributed by atoms with Gasteiger partial charge in [-0.1, -0.05) is 18.2 Å². The van der Waals surface area contributed by atoms with Crippen molar-refractivity contribution < 1.29 is 14.3 Å². The van der Waals surface area contributed by atoms with Crippen LogP contribution in [-0.2, 0) is 9.59 Å². The number of amides is 2. The summed E-state index contributed by atoms with van der Waals surface area (Å²) >= 11 is 0. The number of hydrogen-bond donors (Lipinski definition) is 0. The van der Waals surface area contributed by atoms with Crippen molar-refractivity contribution in [2.75, 3.05) is 26.2 Å². The van der Waals surface area contributed by atoms with Gasteiger partial charge < -0.3 is 14.5 Å². The molecule has 5 heteroatoms. The van der Waals surface area contributed by atoms with Crippen LogP contribution in [0.2, 0.25) is 0 Å². The van der Waals surface area contributed by atoms with E-state index in [1.54, 1.807) is 0 Å². The molecule has 3 fully saturated rings. The quantitative estimate of drug-likeness (QED) is 0.852. The Labute approximate surface area is 142 Å². The molecule has 2 amide bonds. The summed E-state index contributed by atoms with van der Waals surface area (Å²) in [5.41, 5.74) is 0. The van der Waals surface area contributed by atoms with Crippen LogP contribution < -0.4 is 4.74 Å². The molecule has 1 aromatic rings. The van der Waals surface area contributed by atoms with Crippen molar-refractivity contribution in [3.63, 3.8) is 0 Å². The Balaban J connectivity index is 1.38. The zero-order valence-corrected chi connectivity index (χ0v) is 13.9. The Bertz CT molecular complexity index is 618. The molecule has 5 nitrogen and oxygen atoms in total. The first-order valence-corrected chi connectivity index (χ1v) is 8.96. The molecule has 3 aliphatic heterocycles. The van der Waals surface area contributed by atoms with Crippen molar-refractivity contribution in [1.82, 2.24) is 9.80 Å². The molecule has 128 valence electrons. The number of carbonyl (C=O) groups is 2. The first-order chi connectivity index (χ1) is 11.7. The average molecular weight is 328 g/mol. The van der Waals surface area contributed by atoms with Crippen molar-refractivity contribution in [3.05, 3.63) is 30.3 Å². The average Bonchev–Trinajstić information content (AvgIpc) is 2.61. The molecule has 3 atom stereocenters. The van der Waals surface area contributed by atoms with Crippen molar-refractivity contribution >= 4 is 11.8 Å². The summed E-state index contributed by atoms with van der Waals surface area (Å²) in [7, 11) is 0. The third-order valence-corrected chi connectivity index (χ3v) is 5.64. The molecule has 0 saturated carbocycles. The molecular formula is C19H24N2O3. The van der Waals surface area contributed by atoms with E-state index in [9.17, 15) is 9.59 Å². The van der Waals surface area contributed by atoms with E-state index in [1.807, 2.05) is 35.2 Å². The van der Waals surface area contributed by atoms with Gasteiger partial charge in [0.15, 0.2) is 6.61 Å². The summed E-state index contributed by atoms with van der Waals surface area (Å²) in [5.74, 6) is 1.95. The number of ether oxygens (including phenoxy) is 1. The molecule has 0 N–H and O–H groups in total. The van der Waals surface area contributed by atoms with Crippen molar-refractivity contribution in [2.45, 2.75) is 31.7 Å². The number of para-hydroxylation sites is 1. The maximum absolute atomic E-state index is 12.5. The van der Waals surface area contributed by atoms with Crippen molar-refractivity contribution in [1.29, 1.82) is 0 Å². The van der Waals surface area contributed by atoms with E-state index in [1.165, 1.54) is 0 Å². The summed E-state index contributed by atoms with van der Waals surface area (Å²) < 4.78 is 5.61. The molecule has 3 heterocycles. The summed E-state index contributed by atoms with van der Waals surface area (Å²) in [6.45, 7) is 2.44. The number of rotatable bonds is 3. The van der Waals surface area contributed by atoms with Gasteiger partial charge in [-0.25, -0.2) is 0 Å². The van der Waals surface area contributed by atoms with Crippen LogP contribution >= 0.6 is 0 Å². The highest BCUT2D eigenvalue weighted by molar-refractivity contribution is 5.79. The minimum atomic E-state index is 0.0594. The highest BCUT2D eigenvalue weighted by Gasteiger charge is 2.44. The Morgan fingerprint density at radius 1 is 1.17 bits per heavy atom. The maximum Gasteiger partial charge on any atom is 0.260 e. The molecule has 1 aromatic carbocycles. The van der Waals surface area contributed by atoms with Crippen LogP contribution in [0.3, 0.4) is 0 Å². The summed E-state index contributed by atoms with van der Waals surface area (Å²) in [4.78, 5) is 28.8. The van der Waals surface area contributed by atoms with Gasteiger partial charge in [0.25, 0.3) is 5.91 Å². The Kier molecular flexibility index (Phi) is 4.17. The van der Waals surface area contributed by atoms with Crippen LogP contribution in [0.1, 0.15) is 25.7 Å². The minimum absolute atomic E-state index is 0.0594. The second-order valence-electron chi connectivity index (χ2n) is 7.27. The number of nitrogens with zero attached hydrogens (tertiary/aromatic N) is 2. The van der Waals surface area contributed by atoms with Crippen molar-refractivity contribution in [2.24, 2.45) is 11.8 Å². The monoisotopic (exact) mass is 328 g/mol. The van der Waals surface area contributed by atoms with Gasteiger partial charge in [-0.3, -0.25) is 9.59 Å². The van der Waals surface area contributed by atoms with Crippen molar-refractivity contribution in [3.8, 4) is 5.75 Å². The lowest BCUT2D eigenvalue weighted by Gasteiger charge is -2.52. The lowest BCUT2D eigenvalue weighted by atomic mass is 9.76. The largest absolute Gasteiger partial charge is 0.484 e. The third kappa shape index (κ3) is 2.99. The molecular weight excluding hydrogens is 304 g/mol. The Morgan fingerprint density at radius 3 is 2.83 bits per heavy atom. The predicted octanol–water partition coefficient (Wildman–Crippen LogP) is 1.92. The highest BCUT2D eigenvalue weighted by Crippen LogP contribution is 2.37. The van der Waals surface area contributed by atoms with Crippen LogP contribution in [0.15, 0.2) is 30.3 Å². The molecule has 0 aromatic heterocycles. The number of piperidine rings is 3. The van der Waals surface area contributed by atoms with E-state index >= 15 is 0 Å². The van der Waals surface area contributed by atoms with E-state index in [4.69, 9.17) is 4.74 Å². The fourth-order valence-electron chi connectivity index (χ4n) is 4.57. The summed E-state index contributed by atoms with van der Waals surface area (Å²) in [6, 6.07) is 9.80. The minimum Gasteiger partial charge on any atom is -0.484 e. The number of fused-ring (bicyclic) bond motifs is 4. The van der Waals surface area contributed by atoms with Crippen LogP contribution in [0, 0.1) is 11.8 Å². The normalized spacial score (nSPS) is 29.2. The van der Waals surface area contributed by atoms with Gasteiger partial charge in [-0.2, -0.15) is 0 Å². The predicted molar refractivity (Wildman–Crippen MR) is 89.5 cm³/mol. The zero-order chi connectivity index (χ0) is 16.5. The number of benzene rings is 1. The standard InChI is InChI=1S/C19H24N2O3/c22-18-8-4-7-17-15-9-14(11-21(17)18)10-20(12-15)19(23)13-24-16-5-2-1-3-6-16/h1-3,5-6,14-15,17H,4,7-13H2/t14-,15-,17-/m1/s1. The van der Waals surface area contributed by atoms with E-state index in [0.29, 0.717) is 30.2 Å². The van der Waals surface area contributed by atoms with E-state index in [2.05, 4.69) is 4.90 Å². The van der Waals surface area contributed by atoms with E-state index in [-0.39, 0.29) is 12.5 Å². The van der Waals surface area contributed by atoms with Gasteiger partial charge in [-0.05, 0) is 43.2 Å². The fraction of sp³-hybridized carbons (Fsp3) is 0.579. The number of carbonyl (C=O) groups excluding carboxylic acids is 2. The molecule has 0 aliphatic carbocycles. The fourth-order valence-corrected chi connectivity index (χ4v) is 4.57. The second-order valence-corrected chi connectivity index (χ2v) is 7.27. The lowest BCUT2D eigenvalue weighted by molar-refractivity contribution is -0.149. The molecule has 0 unspecified atom stereocenters. The smallest absolute Gasteiger partial charge is 0.260 e. The van der Waals surface area contributed by atoms with Crippen LogP contribution in [0.5, 0.6) is 5.75 Å². The second kappa shape index (κ2) is 6.46. The SMILES string of the molecule is O=C(COc1ccccc1)N1C[C@H]2C[C@H](C1)[C@H]1CCCC(=O)N1C2. The first-order valence-electron chi connectivity index (χ1n) is 8.96. The molecule has 4 rings (SSSR count). The molecule has 3 aliphatic rings. The molecule has 24 heavy (non-hydrogen) atoms. The van der Waals surface area contributed by atoms with Gasteiger partial charge in [0.05, 0.1) is 0 Å². The van der Waals surface area contributed by atoms with Crippen LogP contribution in [0.4, 0.5) is 0 Å². The zero-order valence-electron chi connectivity index (χ0n) is 13.9. The third-order valence-electron chi connectivity index (χ3n) is 5.64. The van der Waals surface area contributed by atoms with Gasteiger partial charge in [0, 0.05) is 32.1 Å². The van der Waals surface area contributed by atoms with Crippen LogP contribution in [0.25, 0.3) is 0 Å². The van der Waals surface area contributed by atoms with E-state index in [0.717, 1.165) is 44.6 Å². The lowest BCUT2D eigenvalue weighted by Crippen LogP contribution is -2.61. The Morgan fingerprint density at radius 2 is 2.00 bits per heavy atom.